The summed E-state index contributed by atoms with van der Waals surface area (Å²) in [6, 6.07) is 10.7. The minimum atomic E-state index is -4.39. The first-order valence-electron chi connectivity index (χ1n) is 7.84. The lowest BCUT2D eigenvalue weighted by Gasteiger charge is -2.08. The van der Waals surface area contributed by atoms with Crippen LogP contribution in [-0.4, -0.2) is 20.6 Å². The molecule has 0 radical (unpaired) electrons. The van der Waals surface area contributed by atoms with Crippen molar-refractivity contribution in [2.45, 2.75) is 23.4 Å². The molecule has 0 bridgehead atoms. The van der Waals surface area contributed by atoms with Gasteiger partial charge in [-0.15, -0.1) is 0 Å². The van der Waals surface area contributed by atoms with Gasteiger partial charge in [-0.2, -0.15) is 13.2 Å². The second-order valence-corrected chi connectivity index (χ2v) is 8.37. The molecule has 0 aromatic heterocycles. The molecule has 26 heavy (non-hydrogen) atoms. The monoisotopic (exact) mass is 383 g/mol. The second kappa shape index (κ2) is 6.42. The van der Waals surface area contributed by atoms with Crippen LogP contribution in [0, 0.1) is 5.92 Å². The van der Waals surface area contributed by atoms with Crippen LogP contribution < -0.4 is 5.32 Å². The van der Waals surface area contributed by atoms with Crippen molar-refractivity contribution in [2.75, 3.05) is 11.6 Å². The first kappa shape index (κ1) is 18.4. The topological polar surface area (TPSA) is 63.2 Å². The van der Waals surface area contributed by atoms with E-state index in [1.165, 1.54) is 30.3 Å². The summed E-state index contributed by atoms with van der Waals surface area (Å²) in [5.74, 6) is -0.746. The van der Waals surface area contributed by atoms with Crippen molar-refractivity contribution in [1.82, 2.24) is 0 Å². The van der Waals surface area contributed by atoms with Gasteiger partial charge in [-0.3, -0.25) is 4.79 Å². The number of halogens is 3. The molecule has 2 unspecified atom stereocenters. The van der Waals surface area contributed by atoms with E-state index in [1.807, 2.05) is 0 Å². The highest BCUT2D eigenvalue weighted by molar-refractivity contribution is 7.90. The molecule has 4 nitrogen and oxygen atoms in total. The lowest BCUT2D eigenvalue weighted by Crippen LogP contribution is -2.15. The maximum absolute atomic E-state index is 12.6. The quantitative estimate of drug-likeness (QED) is 0.872. The van der Waals surface area contributed by atoms with Gasteiger partial charge in [0, 0.05) is 17.9 Å². The SMILES string of the molecule is CS(=O)(=O)c1cccc(NC(=O)C2CC2c2ccc(C(F)(F)F)cc2)c1. The number of carbonyl (C=O) groups excluding carboxylic acids is 1. The molecule has 1 saturated carbocycles. The van der Waals surface area contributed by atoms with Crippen LogP contribution in [0.25, 0.3) is 0 Å². The van der Waals surface area contributed by atoms with Crippen molar-refractivity contribution >= 4 is 21.4 Å². The Bertz CT molecular complexity index is 937. The van der Waals surface area contributed by atoms with E-state index in [0.29, 0.717) is 17.7 Å². The third-order valence-electron chi connectivity index (χ3n) is 4.32. The maximum Gasteiger partial charge on any atom is 0.416 e. The van der Waals surface area contributed by atoms with Gasteiger partial charge in [0.05, 0.1) is 10.5 Å². The maximum atomic E-state index is 12.6. The van der Waals surface area contributed by atoms with Crippen LogP contribution >= 0.6 is 0 Å². The summed E-state index contributed by atoms with van der Waals surface area (Å²) in [4.78, 5) is 12.4. The zero-order valence-electron chi connectivity index (χ0n) is 13.7. The van der Waals surface area contributed by atoms with E-state index in [0.717, 1.165) is 18.4 Å². The number of rotatable bonds is 4. The number of anilines is 1. The highest BCUT2D eigenvalue weighted by Gasteiger charge is 2.44. The molecule has 2 aromatic rings. The van der Waals surface area contributed by atoms with Crippen LogP contribution in [-0.2, 0) is 20.8 Å². The summed E-state index contributed by atoms with van der Waals surface area (Å²) in [5, 5.41) is 2.67. The van der Waals surface area contributed by atoms with Crippen LogP contribution in [0.4, 0.5) is 18.9 Å². The van der Waals surface area contributed by atoms with Crippen LogP contribution in [0.5, 0.6) is 0 Å². The molecular formula is C18H16F3NO3S. The fraction of sp³-hybridized carbons (Fsp3) is 0.278. The number of sulfone groups is 1. The lowest BCUT2D eigenvalue weighted by molar-refractivity contribution is -0.137. The first-order chi connectivity index (χ1) is 12.1. The molecule has 0 spiro atoms. The van der Waals surface area contributed by atoms with E-state index in [2.05, 4.69) is 5.32 Å². The van der Waals surface area contributed by atoms with Crippen LogP contribution in [0.1, 0.15) is 23.5 Å². The van der Waals surface area contributed by atoms with E-state index in [1.54, 1.807) is 6.07 Å². The fourth-order valence-corrected chi connectivity index (χ4v) is 3.48. The van der Waals surface area contributed by atoms with E-state index in [9.17, 15) is 26.4 Å². The average Bonchev–Trinajstić information content (AvgIpc) is 3.34. The van der Waals surface area contributed by atoms with Gasteiger partial charge in [0.2, 0.25) is 5.91 Å². The second-order valence-electron chi connectivity index (χ2n) is 6.36. The largest absolute Gasteiger partial charge is 0.416 e. The summed E-state index contributed by atoms with van der Waals surface area (Å²) >= 11 is 0. The Kier molecular flexibility index (Phi) is 4.56. The van der Waals surface area contributed by atoms with Crippen molar-refractivity contribution in [2.24, 2.45) is 5.92 Å². The Morgan fingerprint density at radius 3 is 2.35 bits per heavy atom. The third-order valence-corrected chi connectivity index (χ3v) is 5.43. The molecule has 1 fully saturated rings. The summed E-state index contributed by atoms with van der Waals surface area (Å²) < 4.78 is 60.9. The Morgan fingerprint density at radius 2 is 1.77 bits per heavy atom. The van der Waals surface area contributed by atoms with Gasteiger partial charge in [-0.25, -0.2) is 8.42 Å². The van der Waals surface area contributed by atoms with Crippen molar-refractivity contribution < 1.29 is 26.4 Å². The van der Waals surface area contributed by atoms with Crippen molar-refractivity contribution in [3.05, 3.63) is 59.7 Å². The van der Waals surface area contributed by atoms with E-state index >= 15 is 0 Å². The van der Waals surface area contributed by atoms with E-state index in [-0.39, 0.29) is 22.6 Å². The first-order valence-corrected chi connectivity index (χ1v) is 9.73. The van der Waals surface area contributed by atoms with Crippen LogP contribution in [0.2, 0.25) is 0 Å². The molecule has 2 atom stereocenters. The van der Waals surface area contributed by atoms with Crippen molar-refractivity contribution in [1.29, 1.82) is 0 Å². The molecule has 1 N–H and O–H groups in total. The predicted octanol–water partition coefficient (Wildman–Crippen LogP) is 3.85. The minimum Gasteiger partial charge on any atom is -0.326 e. The molecule has 2 aromatic carbocycles. The smallest absolute Gasteiger partial charge is 0.326 e. The van der Waals surface area contributed by atoms with Gasteiger partial charge in [-0.1, -0.05) is 18.2 Å². The lowest BCUT2D eigenvalue weighted by atomic mass is 10.1. The number of hydrogen-bond acceptors (Lipinski definition) is 3. The summed E-state index contributed by atoms with van der Waals surface area (Å²) in [6.07, 6.45) is -2.76. The predicted molar refractivity (Wildman–Crippen MR) is 90.5 cm³/mol. The van der Waals surface area contributed by atoms with Crippen molar-refractivity contribution in [3.8, 4) is 0 Å². The molecule has 0 heterocycles. The van der Waals surface area contributed by atoms with Gasteiger partial charge in [0.1, 0.15) is 0 Å². The Balaban J connectivity index is 1.66. The van der Waals surface area contributed by atoms with Crippen molar-refractivity contribution in [3.63, 3.8) is 0 Å². The normalized spacial score (nSPS) is 19.8. The van der Waals surface area contributed by atoms with Gasteiger partial charge in [-0.05, 0) is 48.2 Å². The summed E-state index contributed by atoms with van der Waals surface area (Å²) in [7, 11) is -3.38. The molecule has 1 aliphatic carbocycles. The van der Waals surface area contributed by atoms with E-state index < -0.39 is 21.6 Å². The van der Waals surface area contributed by atoms with Gasteiger partial charge < -0.3 is 5.32 Å². The van der Waals surface area contributed by atoms with E-state index in [4.69, 9.17) is 0 Å². The Morgan fingerprint density at radius 1 is 1.12 bits per heavy atom. The summed E-state index contributed by atoms with van der Waals surface area (Å²) in [6.45, 7) is 0. The molecule has 0 aliphatic heterocycles. The number of alkyl halides is 3. The zero-order chi connectivity index (χ0) is 19.1. The fourth-order valence-electron chi connectivity index (χ4n) is 2.81. The Labute approximate surface area is 149 Å². The van der Waals surface area contributed by atoms with Crippen LogP contribution in [0.15, 0.2) is 53.4 Å². The number of amides is 1. The molecule has 1 aliphatic rings. The molecular weight excluding hydrogens is 367 g/mol. The molecule has 8 heteroatoms. The average molecular weight is 383 g/mol. The number of nitrogens with one attached hydrogen (secondary N) is 1. The summed E-state index contributed by atoms with van der Waals surface area (Å²) in [5.41, 5.74) is 0.333. The third kappa shape index (κ3) is 4.07. The number of carbonyl (C=O) groups is 1. The Hall–Kier alpha value is -2.35. The highest BCUT2D eigenvalue weighted by Crippen LogP contribution is 2.48. The molecule has 3 rings (SSSR count). The molecule has 138 valence electrons. The number of benzene rings is 2. The zero-order valence-corrected chi connectivity index (χ0v) is 14.6. The highest BCUT2D eigenvalue weighted by atomic mass is 32.2. The molecule has 0 saturated heterocycles. The number of hydrogen-bond donors (Lipinski definition) is 1. The van der Waals surface area contributed by atoms with Gasteiger partial charge in [0.15, 0.2) is 9.84 Å². The van der Waals surface area contributed by atoms with Gasteiger partial charge in [0.25, 0.3) is 0 Å². The van der Waals surface area contributed by atoms with Crippen LogP contribution in [0.3, 0.4) is 0 Å². The minimum absolute atomic E-state index is 0.102. The standard InChI is InChI=1S/C18H16F3NO3S/c1-26(24,25)14-4-2-3-13(9-14)22-17(23)16-10-15(16)11-5-7-12(8-6-11)18(19,20)21/h2-9,15-16H,10H2,1H3,(H,22,23). The van der Waals surface area contributed by atoms with Gasteiger partial charge >= 0.3 is 6.18 Å². The molecule has 1 amide bonds.